The third-order valence-electron chi connectivity index (χ3n) is 3.79. The first-order chi connectivity index (χ1) is 9.08. The number of nitrogens with one attached hydrogen (secondary N) is 1. The Labute approximate surface area is 115 Å². The van der Waals surface area contributed by atoms with Crippen molar-refractivity contribution in [2.45, 2.75) is 39.3 Å². The zero-order chi connectivity index (χ0) is 13.8. The van der Waals surface area contributed by atoms with Gasteiger partial charge in [0.2, 0.25) is 5.91 Å². The summed E-state index contributed by atoms with van der Waals surface area (Å²) in [6.07, 6.45) is 5.79. The number of imidazole rings is 1. The molecular formula is C14H24N4O. The monoisotopic (exact) mass is 264 g/mol. The van der Waals surface area contributed by atoms with Crippen molar-refractivity contribution in [3.63, 3.8) is 0 Å². The van der Waals surface area contributed by atoms with E-state index in [2.05, 4.69) is 10.3 Å². The molecule has 5 heteroatoms. The number of rotatable bonds is 4. The zero-order valence-electron chi connectivity index (χ0n) is 12.1. The van der Waals surface area contributed by atoms with Gasteiger partial charge >= 0.3 is 0 Å². The fourth-order valence-electron chi connectivity index (χ4n) is 2.47. The molecule has 2 heterocycles. The van der Waals surface area contributed by atoms with E-state index in [0.717, 1.165) is 32.5 Å². The van der Waals surface area contributed by atoms with Crippen LogP contribution in [-0.4, -0.2) is 39.5 Å². The topological polar surface area (TPSA) is 50.2 Å². The fraction of sp³-hybridized carbons (Fsp3) is 0.714. The van der Waals surface area contributed by atoms with Crippen molar-refractivity contribution in [2.24, 2.45) is 13.0 Å². The molecular weight excluding hydrogens is 240 g/mol. The van der Waals surface area contributed by atoms with Gasteiger partial charge in [-0.1, -0.05) is 13.8 Å². The van der Waals surface area contributed by atoms with Crippen LogP contribution in [0.15, 0.2) is 12.5 Å². The lowest BCUT2D eigenvalue weighted by Crippen LogP contribution is -2.46. The van der Waals surface area contributed by atoms with Gasteiger partial charge in [-0.2, -0.15) is 0 Å². The third-order valence-corrected chi connectivity index (χ3v) is 3.79. The summed E-state index contributed by atoms with van der Waals surface area (Å²) in [5.41, 5.74) is 1.20. The summed E-state index contributed by atoms with van der Waals surface area (Å²) in [6, 6.07) is 0.506. The lowest BCUT2D eigenvalue weighted by atomic mass is 10.0. The van der Waals surface area contributed by atoms with Crippen LogP contribution in [-0.2, 0) is 18.4 Å². The molecule has 1 amide bonds. The highest BCUT2D eigenvalue weighted by atomic mass is 16.2. The average molecular weight is 264 g/mol. The van der Waals surface area contributed by atoms with Gasteiger partial charge < -0.3 is 14.8 Å². The lowest BCUT2D eigenvalue weighted by Gasteiger charge is -2.33. The maximum Gasteiger partial charge on any atom is 0.225 e. The Morgan fingerprint density at radius 3 is 2.68 bits per heavy atom. The van der Waals surface area contributed by atoms with Gasteiger partial charge in [0.25, 0.3) is 0 Å². The quantitative estimate of drug-likeness (QED) is 0.887. The van der Waals surface area contributed by atoms with Crippen LogP contribution in [0.4, 0.5) is 0 Å². The smallest absolute Gasteiger partial charge is 0.225 e. The molecule has 0 atom stereocenters. The largest absolute Gasteiger partial charge is 0.342 e. The van der Waals surface area contributed by atoms with E-state index >= 15 is 0 Å². The van der Waals surface area contributed by atoms with Gasteiger partial charge in [-0.25, -0.2) is 4.98 Å². The van der Waals surface area contributed by atoms with Gasteiger partial charge in [0.05, 0.1) is 12.0 Å². The van der Waals surface area contributed by atoms with E-state index in [-0.39, 0.29) is 11.8 Å². The molecule has 0 bridgehead atoms. The van der Waals surface area contributed by atoms with E-state index in [4.69, 9.17) is 0 Å². The number of likely N-dealkylation sites (tertiary alicyclic amines) is 1. The summed E-state index contributed by atoms with van der Waals surface area (Å²) in [6.45, 7) is 6.53. The predicted octanol–water partition coefficient (Wildman–Crippen LogP) is 1.16. The molecule has 106 valence electrons. The highest BCUT2D eigenvalue weighted by Gasteiger charge is 2.23. The third kappa shape index (κ3) is 3.56. The van der Waals surface area contributed by atoms with Crippen molar-refractivity contribution >= 4 is 5.91 Å². The number of piperidine rings is 1. The summed E-state index contributed by atoms with van der Waals surface area (Å²) >= 11 is 0. The molecule has 1 saturated heterocycles. The minimum Gasteiger partial charge on any atom is -0.342 e. The molecule has 0 radical (unpaired) electrons. The first-order valence-corrected chi connectivity index (χ1v) is 7.05. The van der Waals surface area contributed by atoms with E-state index in [0.29, 0.717) is 6.04 Å². The van der Waals surface area contributed by atoms with Crippen molar-refractivity contribution in [2.75, 3.05) is 13.1 Å². The predicted molar refractivity (Wildman–Crippen MR) is 74.5 cm³/mol. The first kappa shape index (κ1) is 14.1. The Morgan fingerprint density at radius 1 is 1.47 bits per heavy atom. The van der Waals surface area contributed by atoms with Crippen LogP contribution >= 0.6 is 0 Å². The van der Waals surface area contributed by atoms with Gasteiger partial charge in [0, 0.05) is 44.8 Å². The van der Waals surface area contributed by atoms with E-state index in [1.807, 2.05) is 42.9 Å². The molecule has 5 nitrogen and oxygen atoms in total. The second-order valence-corrected chi connectivity index (χ2v) is 5.63. The number of hydrogen-bond donors (Lipinski definition) is 1. The van der Waals surface area contributed by atoms with Crippen molar-refractivity contribution < 1.29 is 4.79 Å². The number of aryl methyl sites for hydroxylation is 1. The van der Waals surface area contributed by atoms with Gasteiger partial charge in [0.1, 0.15) is 0 Å². The Hall–Kier alpha value is -1.36. The molecule has 0 aliphatic carbocycles. The van der Waals surface area contributed by atoms with Crippen LogP contribution in [0.25, 0.3) is 0 Å². The Bertz CT molecular complexity index is 419. The number of aromatic nitrogens is 2. The molecule has 1 aromatic rings. The molecule has 1 aliphatic heterocycles. The standard InChI is InChI=1S/C14H24N4O/c1-11(2)14(19)18-6-4-12(5-7-18)16-9-13-8-15-10-17(13)3/h8,10-12,16H,4-7,9H2,1-3H3. The Balaban J connectivity index is 1.75. The van der Waals surface area contributed by atoms with Crippen LogP contribution in [0.2, 0.25) is 0 Å². The molecule has 19 heavy (non-hydrogen) atoms. The van der Waals surface area contributed by atoms with E-state index in [1.165, 1.54) is 5.69 Å². The van der Waals surface area contributed by atoms with E-state index in [1.54, 1.807) is 0 Å². The van der Waals surface area contributed by atoms with Crippen LogP contribution in [0.3, 0.4) is 0 Å². The fourth-order valence-corrected chi connectivity index (χ4v) is 2.47. The zero-order valence-corrected chi connectivity index (χ0v) is 12.1. The average Bonchev–Trinajstić information content (AvgIpc) is 2.81. The molecule has 1 aromatic heterocycles. The summed E-state index contributed by atoms with van der Waals surface area (Å²) in [5, 5.41) is 3.55. The molecule has 2 rings (SSSR count). The van der Waals surface area contributed by atoms with Crippen molar-refractivity contribution in [1.82, 2.24) is 19.8 Å². The maximum atomic E-state index is 11.9. The number of hydrogen-bond acceptors (Lipinski definition) is 3. The van der Waals surface area contributed by atoms with Gasteiger partial charge in [-0.15, -0.1) is 0 Å². The summed E-state index contributed by atoms with van der Waals surface area (Å²) < 4.78 is 2.03. The molecule has 1 fully saturated rings. The molecule has 1 N–H and O–H groups in total. The summed E-state index contributed by atoms with van der Waals surface area (Å²) in [7, 11) is 2.01. The highest BCUT2D eigenvalue weighted by molar-refractivity contribution is 5.78. The van der Waals surface area contributed by atoms with Crippen LogP contribution in [0.5, 0.6) is 0 Å². The first-order valence-electron chi connectivity index (χ1n) is 7.05. The van der Waals surface area contributed by atoms with Crippen LogP contribution in [0, 0.1) is 5.92 Å². The molecule has 1 aliphatic rings. The minimum absolute atomic E-state index is 0.110. The highest BCUT2D eigenvalue weighted by Crippen LogP contribution is 2.13. The van der Waals surface area contributed by atoms with Crippen LogP contribution in [0.1, 0.15) is 32.4 Å². The normalized spacial score (nSPS) is 17.2. The van der Waals surface area contributed by atoms with Crippen molar-refractivity contribution in [3.8, 4) is 0 Å². The summed E-state index contributed by atoms with van der Waals surface area (Å²) in [4.78, 5) is 18.0. The van der Waals surface area contributed by atoms with Crippen molar-refractivity contribution in [1.29, 1.82) is 0 Å². The maximum absolute atomic E-state index is 11.9. The second-order valence-electron chi connectivity index (χ2n) is 5.63. The summed E-state index contributed by atoms with van der Waals surface area (Å²) in [5.74, 6) is 0.393. The molecule has 0 saturated carbocycles. The van der Waals surface area contributed by atoms with Gasteiger partial charge in [-0.05, 0) is 12.8 Å². The Morgan fingerprint density at radius 2 is 2.16 bits per heavy atom. The minimum atomic E-state index is 0.110. The Kier molecular flexibility index (Phi) is 4.58. The van der Waals surface area contributed by atoms with Crippen molar-refractivity contribution in [3.05, 3.63) is 18.2 Å². The lowest BCUT2D eigenvalue weighted by molar-refractivity contribution is -0.135. The van der Waals surface area contributed by atoms with E-state index < -0.39 is 0 Å². The number of carbonyl (C=O) groups is 1. The molecule has 0 spiro atoms. The van der Waals surface area contributed by atoms with Gasteiger partial charge in [0.15, 0.2) is 0 Å². The number of carbonyl (C=O) groups excluding carboxylic acids is 1. The number of nitrogens with zero attached hydrogens (tertiary/aromatic N) is 3. The molecule has 0 unspecified atom stereocenters. The van der Waals surface area contributed by atoms with Crippen LogP contribution < -0.4 is 5.32 Å². The second kappa shape index (κ2) is 6.19. The number of amides is 1. The SMILES string of the molecule is CC(C)C(=O)N1CCC(NCc2cncn2C)CC1. The van der Waals surface area contributed by atoms with E-state index in [9.17, 15) is 4.79 Å². The molecule has 0 aromatic carbocycles. The van der Waals surface area contributed by atoms with Gasteiger partial charge in [-0.3, -0.25) is 4.79 Å².